The molecule has 2 N–H and O–H groups in total. The minimum absolute atomic E-state index is 0.00534. The predicted molar refractivity (Wildman–Crippen MR) is 118 cm³/mol. The average molecular weight is 460 g/mol. The number of nitrogens with one attached hydrogen (secondary N) is 1. The first-order valence-corrected chi connectivity index (χ1v) is 10.00. The monoisotopic (exact) mass is 460 g/mol. The van der Waals surface area contributed by atoms with Crippen molar-refractivity contribution < 1.29 is 32.6 Å². The maximum absolute atomic E-state index is 12.5. The molecule has 0 saturated heterocycles. The van der Waals surface area contributed by atoms with Crippen molar-refractivity contribution >= 4 is 22.8 Å². The number of amides is 1. The van der Waals surface area contributed by atoms with Gasteiger partial charge in [-0.2, -0.15) is 13.2 Å². The number of nitrogens with zero attached hydrogens (tertiary/aromatic N) is 1. The van der Waals surface area contributed by atoms with Crippen LogP contribution in [0.4, 0.5) is 13.2 Å². The number of carboxylic acid groups (broad SMARTS) is 1. The third-order valence-electron chi connectivity index (χ3n) is 5.19. The van der Waals surface area contributed by atoms with E-state index < -0.39 is 18.1 Å². The van der Waals surface area contributed by atoms with Gasteiger partial charge in [-0.1, -0.05) is 6.07 Å². The molecule has 3 aromatic rings. The van der Waals surface area contributed by atoms with Gasteiger partial charge in [-0.25, -0.2) is 4.79 Å². The van der Waals surface area contributed by atoms with E-state index in [-0.39, 0.29) is 23.8 Å². The van der Waals surface area contributed by atoms with Gasteiger partial charge in [0.15, 0.2) is 0 Å². The van der Waals surface area contributed by atoms with Crippen molar-refractivity contribution in [1.29, 1.82) is 0 Å². The summed E-state index contributed by atoms with van der Waals surface area (Å²) in [5.41, 5.74) is 2.96. The highest BCUT2D eigenvalue weighted by molar-refractivity contribution is 5.99. The number of halogens is 3. The average Bonchev–Trinajstić information content (AvgIpc) is 3.05. The first kappa shape index (κ1) is 23.9. The van der Waals surface area contributed by atoms with E-state index in [4.69, 9.17) is 4.74 Å². The van der Waals surface area contributed by atoms with Gasteiger partial charge in [-0.05, 0) is 54.0 Å². The number of methoxy groups -OCH3 is 1. The topological polar surface area (TPSA) is 80.6 Å². The van der Waals surface area contributed by atoms with Gasteiger partial charge >= 0.3 is 12.1 Å². The van der Waals surface area contributed by atoms with Crippen LogP contribution >= 0.6 is 0 Å². The van der Waals surface area contributed by atoms with Crippen LogP contribution in [0.1, 0.15) is 38.8 Å². The van der Waals surface area contributed by atoms with Crippen LogP contribution in [-0.4, -0.2) is 41.4 Å². The van der Waals surface area contributed by atoms with Crippen LogP contribution in [0.3, 0.4) is 0 Å². The van der Waals surface area contributed by atoms with E-state index >= 15 is 0 Å². The zero-order valence-electron chi connectivity index (χ0n) is 18.3. The molecule has 33 heavy (non-hydrogen) atoms. The second kappa shape index (κ2) is 9.40. The van der Waals surface area contributed by atoms with Gasteiger partial charge < -0.3 is 19.7 Å². The number of ether oxygens (including phenoxy) is 1. The highest BCUT2D eigenvalue weighted by Crippen LogP contribution is 2.29. The molecular weight excluding hydrogens is 437 g/mol. The third-order valence-corrected chi connectivity index (χ3v) is 5.19. The standard InChI is InChI=1S/C24H23F3N2O4/c1-14(11-24(25,26)27)12-28-22(30)16-6-7-20-19(9-16)18(13-29(20)2)8-15-4-5-17(23(31)32)10-21(15)33-3/h4-7,9-11,13H,8,12H2,1-3H3,(H,28,30)(H,31,32)/b14-11-. The molecule has 0 aliphatic heterocycles. The Kier molecular flexibility index (Phi) is 6.81. The lowest BCUT2D eigenvalue weighted by Crippen LogP contribution is -2.25. The molecule has 2 aromatic carbocycles. The largest absolute Gasteiger partial charge is 0.496 e. The second-order valence-electron chi connectivity index (χ2n) is 7.72. The molecule has 0 radical (unpaired) electrons. The maximum Gasteiger partial charge on any atom is 0.409 e. The van der Waals surface area contributed by atoms with E-state index in [1.54, 1.807) is 24.3 Å². The number of allylic oxidation sites excluding steroid dienone is 1. The van der Waals surface area contributed by atoms with E-state index in [9.17, 15) is 27.9 Å². The normalized spacial score (nSPS) is 12.1. The number of alkyl halides is 3. The number of hydrogen-bond acceptors (Lipinski definition) is 3. The Morgan fingerprint density at radius 1 is 1.12 bits per heavy atom. The van der Waals surface area contributed by atoms with Gasteiger partial charge in [-0.3, -0.25) is 4.79 Å². The summed E-state index contributed by atoms with van der Waals surface area (Å²) in [4.78, 5) is 23.8. The number of aryl methyl sites for hydroxylation is 1. The fourth-order valence-electron chi connectivity index (χ4n) is 3.64. The lowest BCUT2D eigenvalue weighted by atomic mass is 10.0. The van der Waals surface area contributed by atoms with Crippen molar-refractivity contribution in [1.82, 2.24) is 9.88 Å². The van der Waals surface area contributed by atoms with Crippen LogP contribution < -0.4 is 10.1 Å². The zero-order valence-corrected chi connectivity index (χ0v) is 18.3. The van der Waals surface area contributed by atoms with Crippen molar-refractivity contribution in [3.8, 4) is 5.75 Å². The number of rotatable bonds is 7. The molecule has 0 aliphatic carbocycles. The Morgan fingerprint density at radius 2 is 1.82 bits per heavy atom. The van der Waals surface area contributed by atoms with Gasteiger partial charge in [0, 0.05) is 48.8 Å². The molecule has 3 rings (SSSR count). The van der Waals surface area contributed by atoms with Crippen molar-refractivity contribution in [2.75, 3.05) is 13.7 Å². The molecule has 9 heteroatoms. The predicted octanol–water partition coefficient (Wildman–Crippen LogP) is 4.71. The van der Waals surface area contributed by atoms with E-state index in [1.807, 2.05) is 17.8 Å². The Hall–Kier alpha value is -3.75. The van der Waals surface area contributed by atoms with Gasteiger partial charge in [-0.15, -0.1) is 0 Å². The lowest BCUT2D eigenvalue weighted by Gasteiger charge is -2.10. The van der Waals surface area contributed by atoms with E-state index in [1.165, 1.54) is 26.2 Å². The Labute approximate surface area is 188 Å². The Morgan fingerprint density at radius 3 is 2.45 bits per heavy atom. The van der Waals surface area contributed by atoms with Crippen LogP contribution in [-0.2, 0) is 13.5 Å². The first-order valence-electron chi connectivity index (χ1n) is 10.00. The van der Waals surface area contributed by atoms with Gasteiger partial charge in [0.1, 0.15) is 5.75 Å². The van der Waals surface area contributed by atoms with Crippen LogP contribution in [0, 0.1) is 0 Å². The SMILES string of the molecule is COc1cc(C(=O)O)ccc1Cc1cn(C)c2ccc(C(=O)NC/C(C)=C\C(F)(F)F)cc12. The number of fused-ring (bicyclic) bond motifs is 1. The van der Waals surface area contributed by atoms with Crippen LogP contribution in [0.15, 0.2) is 54.2 Å². The summed E-state index contributed by atoms with van der Waals surface area (Å²) in [6.07, 6.45) is -1.93. The quantitative estimate of drug-likeness (QED) is 0.501. The molecule has 0 atom stereocenters. The molecule has 0 aliphatic rings. The fraction of sp³-hybridized carbons (Fsp3) is 0.250. The van der Waals surface area contributed by atoms with Crippen molar-refractivity contribution in [3.05, 3.63) is 76.5 Å². The van der Waals surface area contributed by atoms with E-state index in [0.717, 1.165) is 22.0 Å². The number of aromatic carboxylic acids is 1. The van der Waals surface area contributed by atoms with Crippen LogP contribution in [0.5, 0.6) is 5.75 Å². The number of aromatic nitrogens is 1. The first-order chi connectivity index (χ1) is 15.5. The Bertz CT molecular complexity index is 1240. The molecule has 0 bridgehead atoms. The third kappa shape index (κ3) is 5.74. The van der Waals surface area contributed by atoms with Crippen molar-refractivity contribution in [3.63, 3.8) is 0 Å². The molecule has 6 nitrogen and oxygen atoms in total. The van der Waals surface area contributed by atoms with Crippen LogP contribution in [0.25, 0.3) is 10.9 Å². The smallest absolute Gasteiger partial charge is 0.409 e. The summed E-state index contributed by atoms with van der Waals surface area (Å²) in [6, 6.07) is 9.73. The number of carboxylic acids is 1. The summed E-state index contributed by atoms with van der Waals surface area (Å²) >= 11 is 0. The highest BCUT2D eigenvalue weighted by Gasteiger charge is 2.23. The van der Waals surface area contributed by atoms with Crippen molar-refractivity contribution in [2.45, 2.75) is 19.5 Å². The summed E-state index contributed by atoms with van der Waals surface area (Å²) in [6.45, 7) is 1.08. The number of carbonyl (C=O) groups is 2. The molecule has 0 unspecified atom stereocenters. The summed E-state index contributed by atoms with van der Waals surface area (Å²) in [7, 11) is 3.33. The second-order valence-corrected chi connectivity index (χ2v) is 7.72. The number of hydrogen-bond donors (Lipinski definition) is 2. The molecular formula is C24H23F3N2O4. The van der Waals surface area contributed by atoms with Gasteiger partial charge in [0.05, 0.1) is 12.7 Å². The fourth-order valence-corrected chi connectivity index (χ4v) is 3.64. The minimum Gasteiger partial charge on any atom is -0.496 e. The minimum atomic E-state index is -4.43. The summed E-state index contributed by atoms with van der Waals surface area (Å²) in [5.74, 6) is -1.10. The highest BCUT2D eigenvalue weighted by atomic mass is 19.4. The molecule has 174 valence electrons. The molecule has 1 aromatic heterocycles. The summed E-state index contributed by atoms with van der Waals surface area (Å²) < 4.78 is 44.6. The van der Waals surface area contributed by atoms with Gasteiger partial charge in [0.25, 0.3) is 5.91 Å². The van der Waals surface area contributed by atoms with Crippen molar-refractivity contribution in [2.24, 2.45) is 7.05 Å². The number of benzene rings is 2. The Balaban J connectivity index is 1.88. The molecule has 1 amide bonds. The molecule has 0 spiro atoms. The molecule has 0 saturated carbocycles. The summed E-state index contributed by atoms with van der Waals surface area (Å²) in [5, 5.41) is 12.5. The lowest BCUT2D eigenvalue weighted by molar-refractivity contribution is -0.0805. The number of carbonyl (C=O) groups excluding carboxylic acids is 1. The maximum atomic E-state index is 12.5. The zero-order chi connectivity index (χ0) is 24.3. The van der Waals surface area contributed by atoms with Crippen LogP contribution in [0.2, 0.25) is 0 Å². The van der Waals surface area contributed by atoms with Gasteiger partial charge in [0.2, 0.25) is 0 Å². The van der Waals surface area contributed by atoms with E-state index in [0.29, 0.717) is 17.7 Å². The molecule has 1 heterocycles. The molecule has 0 fully saturated rings. The van der Waals surface area contributed by atoms with E-state index in [2.05, 4.69) is 5.32 Å².